The molecule has 0 fully saturated rings. The summed E-state index contributed by atoms with van der Waals surface area (Å²) in [6, 6.07) is 9.68. The highest BCUT2D eigenvalue weighted by Gasteiger charge is 2.32. The number of halogens is 3. The zero-order valence-electron chi connectivity index (χ0n) is 13.6. The van der Waals surface area contributed by atoms with Gasteiger partial charge in [-0.2, -0.15) is 13.2 Å². The van der Waals surface area contributed by atoms with E-state index >= 15 is 0 Å². The minimum absolute atomic E-state index is 0.0637. The third kappa shape index (κ3) is 5.66. The molecule has 0 unspecified atom stereocenters. The van der Waals surface area contributed by atoms with Gasteiger partial charge < -0.3 is 11.1 Å². The van der Waals surface area contributed by atoms with Gasteiger partial charge in [0, 0.05) is 35.3 Å². The number of nitrogens with two attached hydrogens (primary N) is 1. The Bertz CT molecular complexity index is 798. The molecule has 2 aromatic rings. The van der Waals surface area contributed by atoms with Crippen LogP contribution in [0.5, 0.6) is 0 Å². The molecule has 6 nitrogen and oxygen atoms in total. The lowest BCUT2D eigenvalue weighted by Crippen LogP contribution is -2.31. The maximum absolute atomic E-state index is 12.3. The van der Waals surface area contributed by atoms with Gasteiger partial charge in [-0.1, -0.05) is 30.3 Å². The van der Waals surface area contributed by atoms with E-state index in [9.17, 15) is 18.0 Å². The average molecular weight is 383 g/mol. The first-order valence-electron chi connectivity index (χ1n) is 7.38. The van der Waals surface area contributed by atoms with Crippen molar-refractivity contribution in [1.29, 1.82) is 5.41 Å². The molecule has 1 aromatic heterocycles. The van der Waals surface area contributed by atoms with E-state index in [1.807, 2.05) is 30.3 Å². The van der Waals surface area contributed by atoms with E-state index in [1.54, 1.807) is 6.92 Å². The highest BCUT2D eigenvalue weighted by molar-refractivity contribution is 8.15. The molecule has 0 saturated carbocycles. The Morgan fingerprint density at radius 2 is 1.96 bits per heavy atom. The van der Waals surface area contributed by atoms with Crippen LogP contribution >= 0.6 is 11.8 Å². The number of hydrogen-bond acceptors (Lipinski definition) is 5. The van der Waals surface area contributed by atoms with Gasteiger partial charge in [0.05, 0.1) is 6.04 Å². The second-order valence-electron chi connectivity index (χ2n) is 5.26. The smallest absolute Gasteiger partial charge is 0.398 e. The standard InChI is InChI=1S/C16H16F3N5OS/c1-9(10-5-3-2-4-6-10)23-15(25)24-13-7-12(20)11(8-22-13)14(21)26-16(17,18)19/h2-9,21H,1H3,(H4,20,22,23,24,25)/t9-/m1/s1. The van der Waals surface area contributed by atoms with Crippen molar-refractivity contribution in [1.82, 2.24) is 10.3 Å². The zero-order chi connectivity index (χ0) is 19.3. The molecule has 1 aromatic carbocycles. The number of benzene rings is 1. The molecule has 0 bridgehead atoms. The minimum Gasteiger partial charge on any atom is -0.398 e. The summed E-state index contributed by atoms with van der Waals surface area (Å²) in [4.78, 5) is 15.9. The molecule has 0 spiro atoms. The number of carbonyl (C=O) groups is 1. The Hall–Kier alpha value is -2.75. The first-order valence-corrected chi connectivity index (χ1v) is 8.20. The van der Waals surface area contributed by atoms with E-state index in [0.717, 1.165) is 11.8 Å². The van der Waals surface area contributed by atoms with Crippen LogP contribution < -0.4 is 16.4 Å². The van der Waals surface area contributed by atoms with Crippen LogP contribution in [0.4, 0.5) is 29.5 Å². The first kappa shape index (κ1) is 19.6. The van der Waals surface area contributed by atoms with Gasteiger partial charge in [-0.05, 0) is 12.5 Å². The van der Waals surface area contributed by atoms with Crippen LogP contribution in [0.3, 0.4) is 0 Å². The highest BCUT2D eigenvalue weighted by atomic mass is 32.2. The van der Waals surface area contributed by atoms with Crippen LogP contribution in [0.15, 0.2) is 42.6 Å². The molecule has 1 heterocycles. The van der Waals surface area contributed by atoms with Crippen LogP contribution in [-0.2, 0) is 0 Å². The van der Waals surface area contributed by atoms with Gasteiger partial charge >= 0.3 is 11.5 Å². The Kier molecular flexibility index (Phi) is 6.09. The lowest BCUT2D eigenvalue weighted by Gasteiger charge is -2.15. The number of alkyl halides is 3. The largest absolute Gasteiger partial charge is 0.447 e. The number of urea groups is 1. The fraction of sp³-hybridized carbons (Fsp3) is 0.188. The summed E-state index contributed by atoms with van der Waals surface area (Å²) < 4.78 is 37.0. The Morgan fingerprint density at radius 3 is 2.54 bits per heavy atom. The minimum atomic E-state index is -4.59. The fourth-order valence-corrected chi connectivity index (χ4v) is 2.59. The van der Waals surface area contributed by atoms with Crippen molar-refractivity contribution in [2.24, 2.45) is 0 Å². The van der Waals surface area contributed by atoms with Crippen LogP contribution in [0.2, 0.25) is 0 Å². The van der Waals surface area contributed by atoms with E-state index in [0.29, 0.717) is 0 Å². The molecule has 0 saturated heterocycles. The summed E-state index contributed by atoms with van der Waals surface area (Å²) in [6.45, 7) is 1.80. The number of amides is 2. The molecule has 138 valence electrons. The number of aromatic nitrogens is 1. The van der Waals surface area contributed by atoms with Gasteiger partial charge in [0.25, 0.3) is 0 Å². The van der Waals surface area contributed by atoms with Crippen LogP contribution in [0, 0.1) is 5.41 Å². The molecule has 0 aliphatic rings. The lowest BCUT2D eigenvalue weighted by atomic mass is 10.1. The van der Waals surface area contributed by atoms with Gasteiger partial charge in [-0.3, -0.25) is 10.7 Å². The maximum Gasteiger partial charge on any atom is 0.447 e. The van der Waals surface area contributed by atoms with E-state index in [-0.39, 0.29) is 23.1 Å². The second kappa shape index (κ2) is 8.09. The predicted octanol–water partition coefficient (Wildman–Crippen LogP) is 4.12. The van der Waals surface area contributed by atoms with E-state index in [2.05, 4.69) is 15.6 Å². The van der Waals surface area contributed by atoms with Gasteiger partial charge in [0.15, 0.2) is 0 Å². The molecular weight excluding hydrogens is 367 g/mol. The van der Waals surface area contributed by atoms with Crippen molar-refractivity contribution in [3.8, 4) is 0 Å². The zero-order valence-corrected chi connectivity index (χ0v) is 14.4. The average Bonchev–Trinajstić information content (AvgIpc) is 2.53. The number of nitrogen functional groups attached to an aromatic ring is 1. The highest BCUT2D eigenvalue weighted by Crippen LogP contribution is 2.34. The molecule has 2 amide bonds. The number of pyridine rings is 1. The number of nitrogens with zero attached hydrogens (tertiary/aromatic N) is 1. The fourth-order valence-electron chi connectivity index (χ4n) is 2.07. The van der Waals surface area contributed by atoms with Gasteiger partial charge in [-0.15, -0.1) is 0 Å². The summed E-state index contributed by atoms with van der Waals surface area (Å²) in [5.74, 6) is 0.0637. The third-order valence-corrected chi connectivity index (χ3v) is 3.94. The van der Waals surface area contributed by atoms with Crippen molar-refractivity contribution in [2.45, 2.75) is 18.5 Å². The third-order valence-electron chi connectivity index (χ3n) is 3.29. The summed E-state index contributed by atoms with van der Waals surface area (Å²) in [5, 5.41) is 11.8. The molecule has 2 rings (SSSR count). The summed E-state index contributed by atoms with van der Waals surface area (Å²) in [6.07, 6.45) is 1.02. The van der Waals surface area contributed by atoms with Crippen molar-refractivity contribution in [3.05, 3.63) is 53.7 Å². The summed E-state index contributed by atoms with van der Waals surface area (Å²) >= 11 is -0.587. The number of hydrogen-bond donors (Lipinski definition) is 4. The van der Waals surface area contributed by atoms with Gasteiger partial charge in [0.2, 0.25) is 0 Å². The van der Waals surface area contributed by atoms with Crippen LogP contribution in [-0.4, -0.2) is 21.6 Å². The van der Waals surface area contributed by atoms with Crippen LogP contribution in [0.1, 0.15) is 24.1 Å². The molecule has 5 N–H and O–H groups in total. The van der Waals surface area contributed by atoms with E-state index < -0.39 is 28.3 Å². The second-order valence-corrected chi connectivity index (χ2v) is 6.34. The maximum atomic E-state index is 12.3. The number of carbonyl (C=O) groups excluding carboxylic acids is 1. The van der Waals surface area contributed by atoms with Gasteiger partial charge in [-0.25, -0.2) is 9.78 Å². The molecular formula is C16H16F3N5OS. The molecule has 0 radical (unpaired) electrons. The van der Waals surface area contributed by atoms with Crippen molar-refractivity contribution in [3.63, 3.8) is 0 Å². The number of rotatable bonds is 4. The van der Waals surface area contributed by atoms with Gasteiger partial charge in [0.1, 0.15) is 10.9 Å². The van der Waals surface area contributed by atoms with E-state index in [1.165, 1.54) is 6.07 Å². The number of thioether (sulfide) groups is 1. The normalized spacial score (nSPS) is 12.3. The van der Waals surface area contributed by atoms with Crippen molar-refractivity contribution >= 4 is 34.3 Å². The Balaban J connectivity index is 2.00. The SMILES string of the molecule is C[C@@H](NC(=O)Nc1cc(N)c(C(=N)SC(F)(F)F)cn1)c1ccccc1. The predicted molar refractivity (Wildman–Crippen MR) is 96.1 cm³/mol. The van der Waals surface area contributed by atoms with Crippen molar-refractivity contribution < 1.29 is 18.0 Å². The Labute approximate surface area is 151 Å². The molecule has 1 atom stereocenters. The van der Waals surface area contributed by atoms with Crippen LogP contribution in [0.25, 0.3) is 0 Å². The molecule has 10 heteroatoms. The number of nitrogens with one attached hydrogen (secondary N) is 3. The lowest BCUT2D eigenvalue weighted by molar-refractivity contribution is -0.0315. The topological polar surface area (TPSA) is 104 Å². The summed E-state index contributed by atoms with van der Waals surface area (Å²) in [7, 11) is 0. The molecule has 0 aliphatic carbocycles. The first-order chi connectivity index (χ1) is 12.2. The Morgan fingerprint density at radius 1 is 1.31 bits per heavy atom. The number of anilines is 2. The summed E-state index contributed by atoms with van der Waals surface area (Å²) in [5.41, 5.74) is 1.75. The monoisotopic (exact) mass is 383 g/mol. The van der Waals surface area contributed by atoms with E-state index in [4.69, 9.17) is 11.1 Å². The molecule has 26 heavy (non-hydrogen) atoms. The van der Waals surface area contributed by atoms with Crippen molar-refractivity contribution in [2.75, 3.05) is 11.1 Å². The molecule has 0 aliphatic heterocycles. The quantitative estimate of drug-likeness (QED) is 0.471.